The van der Waals surface area contributed by atoms with Crippen LogP contribution in [0.5, 0.6) is 0 Å². The molecule has 0 heterocycles. The van der Waals surface area contributed by atoms with Gasteiger partial charge >= 0.3 is 5.97 Å². The van der Waals surface area contributed by atoms with Gasteiger partial charge in [0, 0.05) is 5.56 Å². The van der Waals surface area contributed by atoms with Gasteiger partial charge in [0.05, 0.1) is 0 Å². The molecule has 2 aromatic carbocycles. The van der Waals surface area contributed by atoms with Gasteiger partial charge in [-0.05, 0) is 5.56 Å². The van der Waals surface area contributed by atoms with Crippen molar-refractivity contribution >= 4 is 11.7 Å². The molecule has 0 aromatic heterocycles. The summed E-state index contributed by atoms with van der Waals surface area (Å²) in [5, 5.41) is 12.8. The molecule has 0 saturated carbocycles. The minimum Gasteiger partial charge on any atom is -0.476 e. The van der Waals surface area contributed by atoms with Crippen molar-refractivity contribution in [3.8, 4) is 0 Å². The highest BCUT2D eigenvalue weighted by molar-refractivity contribution is 6.42. The van der Waals surface area contributed by atoms with Gasteiger partial charge in [-0.25, -0.2) is 4.79 Å². The maximum absolute atomic E-state index is 11.1. The standard InChI is InChI=1S/C15H13NO3/c17-15(18)14(13-9-5-2-6-10-13)16-19-11-12-7-3-1-4-8-12/h1-10H,11H2,(H,17,18)/b16-14+. The molecule has 1 N–H and O–H groups in total. The maximum atomic E-state index is 11.1. The third kappa shape index (κ3) is 3.67. The van der Waals surface area contributed by atoms with Crippen LogP contribution < -0.4 is 0 Å². The van der Waals surface area contributed by atoms with Gasteiger partial charge in [-0.3, -0.25) is 0 Å². The number of hydrogen-bond donors (Lipinski definition) is 1. The van der Waals surface area contributed by atoms with E-state index < -0.39 is 5.97 Å². The van der Waals surface area contributed by atoms with Gasteiger partial charge in [0.2, 0.25) is 0 Å². The van der Waals surface area contributed by atoms with E-state index in [0.717, 1.165) is 5.56 Å². The first kappa shape index (κ1) is 12.8. The quantitative estimate of drug-likeness (QED) is 0.660. The third-order valence-corrected chi connectivity index (χ3v) is 2.48. The summed E-state index contributed by atoms with van der Waals surface area (Å²) < 4.78 is 0. The molecule has 0 bridgehead atoms. The fraction of sp³-hybridized carbons (Fsp3) is 0.0667. The van der Waals surface area contributed by atoms with Crippen LogP contribution in [0.2, 0.25) is 0 Å². The van der Waals surface area contributed by atoms with Gasteiger partial charge < -0.3 is 9.94 Å². The van der Waals surface area contributed by atoms with E-state index in [4.69, 9.17) is 9.94 Å². The van der Waals surface area contributed by atoms with Crippen LogP contribution in [0, 0.1) is 0 Å². The number of hydrogen-bond acceptors (Lipinski definition) is 3. The number of carbonyl (C=O) groups is 1. The smallest absolute Gasteiger partial charge is 0.358 e. The predicted molar refractivity (Wildman–Crippen MR) is 71.8 cm³/mol. The summed E-state index contributed by atoms with van der Waals surface area (Å²) >= 11 is 0. The topological polar surface area (TPSA) is 58.9 Å². The summed E-state index contributed by atoms with van der Waals surface area (Å²) in [5.41, 5.74) is 1.35. The Kier molecular flexibility index (Phi) is 4.29. The van der Waals surface area contributed by atoms with E-state index in [1.54, 1.807) is 24.3 Å². The fourth-order valence-corrected chi connectivity index (χ4v) is 1.56. The van der Waals surface area contributed by atoms with Crippen molar-refractivity contribution in [2.45, 2.75) is 6.61 Å². The van der Waals surface area contributed by atoms with Gasteiger partial charge in [0.25, 0.3) is 0 Å². The minimum absolute atomic E-state index is 0.100. The summed E-state index contributed by atoms with van der Waals surface area (Å²) in [4.78, 5) is 16.2. The molecule has 0 unspecified atom stereocenters. The maximum Gasteiger partial charge on any atom is 0.358 e. The van der Waals surface area contributed by atoms with Crippen LogP contribution in [0.1, 0.15) is 11.1 Å². The summed E-state index contributed by atoms with van der Waals surface area (Å²) in [6.45, 7) is 0.241. The summed E-state index contributed by atoms with van der Waals surface area (Å²) in [6.07, 6.45) is 0. The van der Waals surface area contributed by atoms with Crippen molar-refractivity contribution in [3.05, 3.63) is 71.8 Å². The van der Waals surface area contributed by atoms with Crippen LogP contribution >= 0.6 is 0 Å². The summed E-state index contributed by atoms with van der Waals surface area (Å²) in [5.74, 6) is -1.11. The Morgan fingerprint density at radius 1 is 1.00 bits per heavy atom. The van der Waals surface area contributed by atoms with Crippen molar-refractivity contribution in [2.24, 2.45) is 5.16 Å². The monoisotopic (exact) mass is 255 g/mol. The van der Waals surface area contributed by atoms with E-state index in [9.17, 15) is 4.79 Å². The van der Waals surface area contributed by atoms with Crippen molar-refractivity contribution in [2.75, 3.05) is 0 Å². The van der Waals surface area contributed by atoms with Crippen molar-refractivity contribution in [1.82, 2.24) is 0 Å². The second-order valence-electron chi connectivity index (χ2n) is 3.87. The minimum atomic E-state index is -1.11. The van der Waals surface area contributed by atoms with Crippen LogP contribution in [0.25, 0.3) is 0 Å². The molecule has 0 aliphatic heterocycles. The molecular weight excluding hydrogens is 242 g/mol. The highest BCUT2D eigenvalue weighted by Gasteiger charge is 2.12. The number of aliphatic carboxylic acids is 1. The number of carboxylic acid groups (broad SMARTS) is 1. The fourth-order valence-electron chi connectivity index (χ4n) is 1.56. The molecule has 2 aromatic rings. The van der Waals surface area contributed by atoms with E-state index >= 15 is 0 Å². The molecule has 4 nitrogen and oxygen atoms in total. The predicted octanol–water partition coefficient (Wildman–Crippen LogP) is 2.69. The average molecular weight is 255 g/mol. The molecule has 0 saturated heterocycles. The SMILES string of the molecule is O=C(O)/C(=N/OCc1ccccc1)c1ccccc1. The first-order valence-corrected chi connectivity index (χ1v) is 5.80. The zero-order valence-corrected chi connectivity index (χ0v) is 10.2. The van der Waals surface area contributed by atoms with Gasteiger partial charge in [-0.1, -0.05) is 65.8 Å². The zero-order chi connectivity index (χ0) is 13.5. The van der Waals surface area contributed by atoms with Crippen LogP contribution in [-0.4, -0.2) is 16.8 Å². The molecule has 96 valence electrons. The Morgan fingerprint density at radius 3 is 2.16 bits per heavy atom. The van der Waals surface area contributed by atoms with E-state index in [2.05, 4.69) is 5.16 Å². The Labute approximate surface area is 111 Å². The molecule has 0 aliphatic carbocycles. The van der Waals surface area contributed by atoms with E-state index in [0.29, 0.717) is 5.56 Å². The lowest BCUT2D eigenvalue weighted by molar-refractivity contribution is -0.129. The van der Waals surface area contributed by atoms with E-state index in [-0.39, 0.29) is 12.3 Å². The number of rotatable bonds is 5. The summed E-state index contributed by atoms with van der Waals surface area (Å²) in [7, 11) is 0. The Hall–Kier alpha value is -2.62. The Balaban J connectivity index is 2.08. The zero-order valence-electron chi connectivity index (χ0n) is 10.2. The Morgan fingerprint density at radius 2 is 1.58 bits per heavy atom. The van der Waals surface area contributed by atoms with Crippen LogP contribution in [0.15, 0.2) is 65.8 Å². The van der Waals surface area contributed by atoms with Gasteiger partial charge in [-0.2, -0.15) is 0 Å². The lowest BCUT2D eigenvalue weighted by Gasteiger charge is -2.03. The van der Waals surface area contributed by atoms with Crippen molar-refractivity contribution in [3.63, 3.8) is 0 Å². The first-order chi connectivity index (χ1) is 9.27. The van der Waals surface area contributed by atoms with Crippen LogP contribution in [0.4, 0.5) is 0 Å². The number of oxime groups is 1. The summed E-state index contributed by atoms with van der Waals surface area (Å²) in [6, 6.07) is 18.1. The molecule has 0 aliphatic rings. The molecule has 0 atom stereocenters. The second kappa shape index (κ2) is 6.35. The first-order valence-electron chi connectivity index (χ1n) is 5.80. The lowest BCUT2D eigenvalue weighted by atomic mass is 10.1. The van der Waals surface area contributed by atoms with E-state index in [1.165, 1.54) is 0 Å². The van der Waals surface area contributed by atoms with Crippen LogP contribution in [-0.2, 0) is 16.2 Å². The van der Waals surface area contributed by atoms with Crippen molar-refractivity contribution in [1.29, 1.82) is 0 Å². The van der Waals surface area contributed by atoms with Crippen LogP contribution in [0.3, 0.4) is 0 Å². The van der Waals surface area contributed by atoms with Gasteiger partial charge in [0.1, 0.15) is 6.61 Å². The Bertz CT molecular complexity index is 564. The normalized spacial score (nSPS) is 11.1. The van der Waals surface area contributed by atoms with Crippen molar-refractivity contribution < 1.29 is 14.7 Å². The molecule has 2 rings (SSSR count). The molecule has 0 fully saturated rings. The molecule has 4 heteroatoms. The molecule has 0 amide bonds. The number of nitrogens with zero attached hydrogens (tertiary/aromatic N) is 1. The number of carboxylic acids is 1. The second-order valence-corrected chi connectivity index (χ2v) is 3.87. The lowest BCUT2D eigenvalue weighted by Crippen LogP contribution is -2.14. The molecule has 0 spiro atoms. The third-order valence-electron chi connectivity index (χ3n) is 2.48. The van der Waals surface area contributed by atoms with Gasteiger partial charge in [0.15, 0.2) is 5.71 Å². The molecule has 19 heavy (non-hydrogen) atoms. The molecule has 0 radical (unpaired) electrons. The van der Waals surface area contributed by atoms with E-state index in [1.807, 2.05) is 36.4 Å². The number of benzene rings is 2. The largest absolute Gasteiger partial charge is 0.476 e. The molecular formula is C15H13NO3. The highest BCUT2D eigenvalue weighted by Crippen LogP contribution is 2.05. The van der Waals surface area contributed by atoms with Gasteiger partial charge in [-0.15, -0.1) is 0 Å². The highest BCUT2D eigenvalue weighted by atomic mass is 16.6. The average Bonchev–Trinajstić information content (AvgIpc) is 2.45.